The molecule has 9 nitrogen and oxygen atoms in total. The molecule has 0 saturated carbocycles. The number of rotatable bonds is 7. The van der Waals surface area contributed by atoms with Gasteiger partial charge in [0.15, 0.2) is 11.5 Å². The highest BCUT2D eigenvalue weighted by Crippen LogP contribution is 2.32. The fraction of sp³-hybridized carbons (Fsp3) is 0.333. The van der Waals surface area contributed by atoms with Gasteiger partial charge in [0.1, 0.15) is 12.7 Å². The molecule has 1 unspecified atom stereocenters. The molecule has 0 aliphatic carbocycles. The highest BCUT2D eigenvalue weighted by molar-refractivity contribution is 7.89. The van der Waals surface area contributed by atoms with Gasteiger partial charge in [-0.1, -0.05) is 12.1 Å². The minimum atomic E-state index is -3.78. The number of amides is 1. The summed E-state index contributed by atoms with van der Waals surface area (Å²) in [7, 11) is -3.78. The predicted molar refractivity (Wildman–Crippen MR) is 111 cm³/mol. The third kappa shape index (κ3) is 4.64. The van der Waals surface area contributed by atoms with Gasteiger partial charge in [0.05, 0.1) is 17.9 Å². The van der Waals surface area contributed by atoms with Gasteiger partial charge in [-0.3, -0.25) is 9.59 Å². The average molecular weight is 446 g/mol. The Bertz CT molecular complexity index is 1120. The Morgan fingerprint density at radius 1 is 1.13 bits per heavy atom. The lowest BCUT2D eigenvalue weighted by molar-refractivity contribution is -0.138. The number of hydrogen-bond acceptors (Lipinski definition) is 6. The molecule has 0 spiro atoms. The molecule has 10 heteroatoms. The number of para-hydroxylation sites is 2. The Morgan fingerprint density at radius 3 is 2.68 bits per heavy atom. The molecule has 0 bridgehead atoms. The smallest absolute Gasteiger partial charge is 0.303 e. The van der Waals surface area contributed by atoms with E-state index < -0.39 is 22.1 Å². The maximum atomic E-state index is 12.8. The number of benzene rings is 2. The minimum absolute atomic E-state index is 0.0492. The van der Waals surface area contributed by atoms with E-state index in [0.717, 1.165) is 5.56 Å². The normalized spacial score (nSPS) is 17.3. The summed E-state index contributed by atoms with van der Waals surface area (Å²) in [4.78, 5) is 24.6. The summed E-state index contributed by atoms with van der Waals surface area (Å²) < 4.78 is 39.5. The van der Waals surface area contributed by atoms with Gasteiger partial charge in [-0.15, -0.1) is 0 Å². The number of carboxylic acids is 1. The Balaban J connectivity index is 1.40. The number of carbonyl (C=O) groups excluding carboxylic acids is 1. The van der Waals surface area contributed by atoms with Crippen LogP contribution in [0.1, 0.15) is 18.4 Å². The number of anilines is 1. The van der Waals surface area contributed by atoms with Gasteiger partial charge in [0.25, 0.3) is 0 Å². The number of nitrogens with zero attached hydrogens (tertiary/aromatic N) is 1. The number of ether oxygens (including phenoxy) is 2. The second-order valence-corrected chi connectivity index (χ2v) is 9.10. The van der Waals surface area contributed by atoms with Crippen molar-refractivity contribution in [1.82, 2.24) is 4.72 Å². The molecule has 2 aliphatic rings. The fourth-order valence-electron chi connectivity index (χ4n) is 3.60. The maximum Gasteiger partial charge on any atom is 0.303 e. The third-order valence-corrected chi connectivity index (χ3v) is 6.60. The van der Waals surface area contributed by atoms with Crippen LogP contribution in [-0.2, 0) is 26.0 Å². The average Bonchev–Trinajstić information content (AvgIpc) is 3.19. The van der Waals surface area contributed by atoms with Gasteiger partial charge in [0.2, 0.25) is 15.9 Å². The summed E-state index contributed by atoms with van der Waals surface area (Å²) in [6.07, 6.45) is -0.281. The first-order valence-corrected chi connectivity index (χ1v) is 11.3. The molecule has 2 heterocycles. The van der Waals surface area contributed by atoms with Crippen molar-refractivity contribution in [2.75, 3.05) is 24.6 Å². The first kappa shape index (κ1) is 21.1. The molecule has 164 valence electrons. The number of hydrogen-bond donors (Lipinski definition) is 2. The summed E-state index contributed by atoms with van der Waals surface area (Å²) in [5.41, 5.74) is 1.35. The van der Waals surface area contributed by atoms with E-state index >= 15 is 0 Å². The van der Waals surface area contributed by atoms with E-state index in [1.807, 2.05) is 12.1 Å². The van der Waals surface area contributed by atoms with Crippen LogP contribution in [-0.4, -0.2) is 51.2 Å². The number of nitrogens with one attached hydrogen (secondary N) is 1. The van der Waals surface area contributed by atoms with E-state index in [2.05, 4.69) is 4.72 Å². The number of aliphatic carboxylic acids is 1. The highest BCUT2D eigenvalue weighted by Gasteiger charge is 2.28. The quantitative estimate of drug-likeness (QED) is 0.662. The van der Waals surface area contributed by atoms with Crippen LogP contribution in [0.4, 0.5) is 5.69 Å². The summed E-state index contributed by atoms with van der Waals surface area (Å²) >= 11 is 0. The van der Waals surface area contributed by atoms with E-state index in [-0.39, 0.29) is 36.8 Å². The molecule has 0 saturated heterocycles. The summed E-state index contributed by atoms with van der Waals surface area (Å²) in [6.45, 7) is 0.683. The molecule has 1 atom stereocenters. The lowest BCUT2D eigenvalue weighted by Crippen LogP contribution is -2.40. The van der Waals surface area contributed by atoms with Crippen molar-refractivity contribution in [2.24, 2.45) is 0 Å². The minimum Gasteiger partial charge on any atom is -0.486 e. The Kier molecular flexibility index (Phi) is 5.84. The van der Waals surface area contributed by atoms with Crippen LogP contribution in [0.15, 0.2) is 47.4 Å². The molecular formula is C21H22N2O7S. The monoisotopic (exact) mass is 446 g/mol. The van der Waals surface area contributed by atoms with Gasteiger partial charge < -0.3 is 19.5 Å². The summed E-state index contributed by atoms with van der Waals surface area (Å²) in [5, 5.41) is 8.76. The second-order valence-electron chi connectivity index (χ2n) is 7.33. The Labute approximate surface area is 179 Å². The molecule has 4 rings (SSSR count). The van der Waals surface area contributed by atoms with Gasteiger partial charge >= 0.3 is 5.97 Å². The number of carbonyl (C=O) groups is 2. The molecule has 2 aromatic carbocycles. The summed E-state index contributed by atoms with van der Waals surface area (Å²) in [5.74, 6) is -0.119. The standard InChI is InChI=1S/C21H22N2O7S/c24-20(7-8-21(25)26)23-10-9-14-11-16(5-6-17(14)23)31(27,28)22-12-15-13-29-18-3-1-2-4-19(18)30-15/h1-6,11,15,22H,7-10,12-13H2,(H,25,26). The van der Waals surface area contributed by atoms with Crippen LogP contribution in [0.2, 0.25) is 0 Å². The first-order chi connectivity index (χ1) is 14.8. The SMILES string of the molecule is O=C(O)CCC(=O)N1CCc2cc(S(=O)(=O)NCC3COc4ccccc4O3)ccc21. The van der Waals surface area contributed by atoms with Crippen LogP contribution >= 0.6 is 0 Å². The zero-order valence-electron chi connectivity index (χ0n) is 16.6. The van der Waals surface area contributed by atoms with Gasteiger partial charge in [-0.2, -0.15) is 0 Å². The van der Waals surface area contributed by atoms with E-state index in [4.69, 9.17) is 14.6 Å². The lowest BCUT2D eigenvalue weighted by atomic mass is 10.2. The maximum absolute atomic E-state index is 12.8. The van der Waals surface area contributed by atoms with Crippen LogP contribution in [0.3, 0.4) is 0 Å². The van der Waals surface area contributed by atoms with Crippen LogP contribution in [0.25, 0.3) is 0 Å². The van der Waals surface area contributed by atoms with Crippen molar-refractivity contribution >= 4 is 27.6 Å². The Morgan fingerprint density at radius 2 is 1.90 bits per heavy atom. The molecule has 0 aromatic heterocycles. The summed E-state index contributed by atoms with van der Waals surface area (Å²) in [6, 6.07) is 11.8. The Hall–Kier alpha value is -3.11. The van der Waals surface area contributed by atoms with Crippen molar-refractivity contribution in [2.45, 2.75) is 30.3 Å². The highest BCUT2D eigenvalue weighted by atomic mass is 32.2. The van der Waals surface area contributed by atoms with E-state index in [1.165, 1.54) is 11.0 Å². The largest absolute Gasteiger partial charge is 0.486 e. The van der Waals surface area contributed by atoms with Crippen molar-refractivity contribution in [3.8, 4) is 11.5 Å². The molecule has 0 fully saturated rings. The third-order valence-electron chi connectivity index (χ3n) is 5.18. The molecule has 2 N–H and O–H groups in total. The molecule has 31 heavy (non-hydrogen) atoms. The van der Waals surface area contributed by atoms with Crippen LogP contribution in [0.5, 0.6) is 11.5 Å². The van der Waals surface area contributed by atoms with Gasteiger partial charge in [-0.25, -0.2) is 13.1 Å². The lowest BCUT2D eigenvalue weighted by Gasteiger charge is -2.26. The molecule has 2 aliphatic heterocycles. The van der Waals surface area contributed by atoms with E-state index in [0.29, 0.717) is 30.2 Å². The molecule has 1 amide bonds. The predicted octanol–water partition coefficient (Wildman–Crippen LogP) is 1.56. The zero-order chi connectivity index (χ0) is 22.0. The van der Waals surface area contributed by atoms with E-state index in [1.54, 1.807) is 24.3 Å². The van der Waals surface area contributed by atoms with Gasteiger partial charge in [0, 0.05) is 18.7 Å². The zero-order valence-corrected chi connectivity index (χ0v) is 17.4. The van der Waals surface area contributed by atoms with Crippen molar-refractivity contribution in [3.05, 3.63) is 48.0 Å². The van der Waals surface area contributed by atoms with Crippen molar-refractivity contribution < 1.29 is 32.6 Å². The topological polar surface area (TPSA) is 122 Å². The first-order valence-electron chi connectivity index (χ1n) is 9.87. The van der Waals surface area contributed by atoms with Crippen molar-refractivity contribution in [1.29, 1.82) is 0 Å². The molecular weight excluding hydrogens is 424 g/mol. The van der Waals surface area contributed by atoms with Crippen LogP contribution < -0.4 is 19.1 Å². The van der Waals surface area contributed by atoms with Gasteiger partial charge in [-0.05, 0) is 42.3 Å². The van der Waals surface area contributed by atoms with Crippen molar-refractivity contribution in [3.63, 3.8) is 0 Å². The van der Waals surface area contributed by atoms with E-state index in [9.17, 15) is 18.0 Å². The molecule has 2 aromatic rings. The number of sulfonamides is 1. The second kappa shape index (κ2) is 8.56. The number of carboxylic acid groups (broad SMARTS) is 1. The molecule has 0 radical (unpaired) electrons. The fourth-order valence-corrected chi connectivity index (χ4v) is 4.72. The number of fused-ring (bicyclic) bond motifs is 2. The van der Waals surface area contributed by atoms with Crippen LogP contribution in [0, 0.1) is 0 Å².